The summed E-state index contributed by atoms with van der Waals surface area (Å²) in [7, 11) is 0. The van der Waals surface area contributed by atoms with Crippen LogP contribution in [0.25, 0.3) is 0 Å². The number of thioether (sulfide) groups is 1. The molecule has 1 aromatic carbocycles. The first-order chi connectivity index (χ1) is 10.6. The van der Waals surface area contributed by atoms with Gasteiger partial charge >= 0.3 is 0 Å². The van der Waals surface area contributed by atoms with Crippen LogP contribution in [-0.2, 0) is 17.6 Å². The summed E-state index contributed by atoms with van der Waals surface area (Å²) < 4.78 is 0. The maximum absolute atomic E-state index is 12.2. The lowest BCUT2D eigenvalue weighted by Gasteiger charge is -2.09. The molecule has 0 unspecified atom stereocenters. The fraction of sp³-hybridized carbons (Fsp3) is 0.267. The molecule has 6 nitrogen and oxygen atoms in total. The van der Waals surface area contributed by atoms with Crippen LogP contribution in [0.1, 0.15) is 11.4 Å². The number of benzene rings is 1. The SMILES string of the molecule is Nc1cc(=O)[nH]c(CCNC(=O)[C@@H]2Cc3ccccc3S2)n1. The van der Waals surface area contributed by atoms with Gasteiger partial charge in [0.15, 0.2) is 0 Å². The highest BCUT2D eigenvalue weighted by atomic mass is 32.2. The molecule has 1 amide bonds. The smallest absolute Gasteiger partial charge is 0.252 e. The van der Waals surface area contributed by atoms with Crippen LogP contribution in [0, 0.1) is 0 Å². The Labute approximate surface area is 131 Å². The molecule has 1 atom stereocenters. The van der Waals surface area contributed by atoms with Crippen LogP contribution in [0.4, 0.5) is 5.82 Å². The van der Waals surface area contributed by atoms with Gasteiger partial charge in [-0.1, -0.05) is 18.2 Å². The quantitative estimate of drug-likeness (QED) is 0.772. The molecule has 3 rings (SSSR count). The number of carbonyl (C=O) groups excluding carboxylic acids is 1. The fourth-order valence-corrected chi connectivity index (χ4v) is 3.61. The van der Waals surface area contributed by atoms with Gasteiger partial charge < -0.3 is 16.0 Å². The predicted molar refractivity (Wildman–Crippen MR) is 85.8 cm³/mol. The van der Waals surface area contributed by atoms with Crippen molar-refractivity contribution in [3.8, 4) is 0 Å². The van der Waals surface area contributed by atoms with Crippen molar-refractivity contribution in [2.75, 3.05) is 12.3 Å². The molecule has 7 heteroatoms. The van der Waals surface area contributed by atoms with Crippen LogP contribution in [0.15, 0.2) is 40.0 Å². The first-order valence-electron chi connectivity index (χ1n) is 7.00. The predicted octanol–water partition coefficient (Wildman–Crippen LogP) is 0.728. The van der Waals surface area contributed by atoms with Gasteiger partial charge in [0.1, 0.15) is 11.6 Å². The van der Waals surface area contributed by atoms with E-state index in [1.54, 1.807) is 11.8 Å². The molecule has 0 radical (unpaired) electrons. The second-order valence-electron chi connectivity index (χ2n) is 5.08. The zero-order valence-corrected chi connectivity index (χ0v) is 12.7. The Morgan fingerprint density at radius 2 is 2.27 bits per heavy atom. The largest absolute Gasteiger partial charge is 0.383 e. The van der Waals surface area contributed by atoms with Gasteiger partial charge in [-0.25, -0.2) is 4.98 Å². The van der Waals surface area contributed by atoms with E-state index in [1.165, 1.54) is 16.5 Å². The molecule has 4 N–H and O–H groups in total. The Hall–Kier alpha value is -2.28. The molecule has 1 aliphatic rings. The van der Waals surface area contributed by atoms with E-state index in [0.29, 0.717) is 18.8 Å². The Morgan fingerprint density at radius 3 is 3.05 bits per heavy atom. The second kappa shape index (κ2) is 6.23. The number of rotatable bonds is 4. The van der Waals surface area contributed by atoms with Gasteiger partial charge in [-0.2, -0.15) is 0 Å². The maximum Gasteiger partial charge on any atom is 0.252 e. The summed E-state index contributed by atoms with van der Waals surface area (Å²) in [6.45, 7) is 0.415. The molecule has 0 spiro atoms. The number of nitrogen functional groups attached to an aromatic ring is 1. The summed E-state index contributed by atoms with van der Waals surface area (Å²) in [6, 6.07) is 9.29. The molecule has 114 valence electrons. The molecule has 2 aromatic rings. The van der Waals surface area contributed by atoms with Crippen LogP contribution < -0.4 is 16.6 Å². The summed E-state index contributed by atoms with van der Waals surface area (Å²) in [5.41, 5.74) is 6.45. The molecular weight excluding hydrogens is 300 g/mol. The first kappa shape index (κ1) is 14.6. The van der Waals surface area contributed by atoms with Crippen LogP contribution in [0.3, 0.4) is 0 Å². The average Bonchev–Trinajstić information content (AvgIpc) is 2.90. The van der Waals surface area contributed by atoms with Gasteiger partial charge in [0.05, 0.1) is 5.25 Å². The standard InChI is InChI=1S/C15H16N4O2S/c16-12-8-14(20)19-13(18-12)5-6-17-15(21)11-7-9-3-1-2-4-10(9)22-11/h1-4,8,11H,5-7H2,(H,17,21)(H3,16,18,19,20)/t11-/m0/s1. The topological polar surface area (TPSA) is 101 Å². The van der Waals surface area contributed by atoms with Crippen molar-refractivity contribution in [3.05, 3.63) is 52.1 Å². The first-order valence-corrected chi connectivity index (χ1v) is 7.88. The van der Waals surface area contributed by atoms with Crippen molar-refractivity contribution in [3.63, 3.8) is 0 Å². The minimum absolute atomic E-state index is 0.00690. The fourth-order valence-electron chi connectivity index (χ4n) is 2.39. The number of fused-ring (bicyclic) bond motifs is 1. The zero-order valence-electron chi connectivity index (χ0n) is 11.8. The van der Waals surface area contributed by atoms with Crippen molar-refractivity contribution in [1.29, 1.82) is 0 Å². The Kier molecular flexibility index (Phi) is 4.15. The highest BCUT2D eigenvalue weighted by Crippen LogP contribution is 2.36. The monoisotopic (exact) mass is 316 g/mol. The van der Waals surface area contributed by atoms with Gasteiger partial charge in [0, 0.05) is 23.9 Å². The number of hydrogen-bond donors (Lipinski definition) is 3. The number of carbonyl (C=O) groups is 1. The number of nitrogens with two attached hydrogens (primary N) is 1. The van der Waals surface area contributed by atoms with E-state index in [2.05, 4.69) is 21.4 Å². The van der Waals surface area contributed by atoms with Crippen LogP contribution in [0.5, 0.6) is 0 Å². The van der Waals surface area contributed by atoms with Crippen LogP contribution >= 0.6 is 11.8 Å². The van der Waals surface area contributed by atoms with Crippen molar-refractivity contribution in [1.82, 2.24) is 15.3 Å². The van der Waals surface area contributed by atoms with E-state index in [0.717, 1.165) is 6.42 Å². The van der Waals surface area contributed by atoms with E-state index in [1.807, 2.05) is 18.2 Å². The van der Waals surface area contributed by atoms with E-state index in [-0.39, 0.29) is 22.5 Å². The number of hydrogen-bond acceptors (Lipinski definition) is 5. The molecule has 22 heavy (non-hydrogen) atoms. The van der Waals surface area contributed by atoms with Gasteiger partial charge in [0.25, 0.3) is 5.56 Å². The van der Waals surface area contributed by atoms with E-state index >= 15 is 0 Å². The zero-order chi connectivity index (χ0) is 15.5. The van der Waals surface area contributed by atoms with Crippen molar-refractivity contribution >= 4 is 23.5 Å². The third-order valence-electron chi connectivity index (χ3n) is 3.41. The van der Waals surface area contributed by atoms with E-state index in [9.17, 15) is 9.59 Å². The highest BCUT2D eigenvalue weighted by Gasteiger charge is 2.27. The van der Waals surface area contributed by atoms with Gasteiger partial charge in [-0.05, 0) is 18.1 Å². The van der Waals surface area contributed by atoms with Crippen LogP contribution in [-0.4, -0.2) is 27.7 Å². The molecular formula is C15H16N4O2S. The lowest BCUT2D eigenvalue weighted by Crippen LogP contribution is -2.34. The summed E-state index contributed by atoms with van der Waals surface area (Å²) in [5.74, 6) is 0.673. The Bertz CT molecular complexity index is 734. The summed E-state index contributed by atoms with van der Waals surface area (Å²) in [5, 5.41) is 2.79. The average molecular weight is 316 g/mol. The highest BCUT2D eigenvalue weighted by molar-refractivity contribution is 8.01. The molecule has 0 bridgehead atoms. The lowest BCUT2D eigenvalue weighted by atomic mass is 10.1. The number of aromatic nitrogens is 2. The summed E-state index contributed by atoms with van der Waals surface area (Å²) in [4.78, 5) is 31.3. The van der Waals surface area contributed by atoms with Gasteiger partial charge in [0.2, 0.25) is 5.91 Å². The number of amides is 1. The summed E-state index contributed by atoms with van der Waals surface area (Å²) in [6.07, 6.45) is 1.19. The number of nitrogens with zero attached hydrogens (tertiary/aromatic N) is 1. The molecule has 0 fully saturated rings. The minimum atomic E-state index is -0.282. The Balaban J connectivity index is 1.52. The molecule has 1 aromatic heterocycles. The van der Waals surface area contributed by atoms with Crippen LogP contribution in [0.2, 0.25) is 0 Å². The lowest BCUT2D eigenvalue weighted by molar-refractivity contribution is -0.120. The van der Waals surface area contributed by atoms with Crippen molar-refractivity contribution in [2.45, 2.75) is 23.0 Å². The maximum atomic E-state index is 12.2. The molecule has 0 aliphatic carbocycles. The third-order valence-corrected chi connectivity index (χ3v) is 4.73. The number of anilines is 1. The van der Waals surface area contributed by atoms with E-state index < -0.39 is 0 Å². The number of nitrogens with one attached hydrogen (secondary N) is 2. The normalized spacial score (nSPS) is 16.3. The van der Waals surface area contributed by atoms with Crippen molar-refractivity contribution in [2.24, 2.45) is 0 Å². The Morgan fingerprint density at radius 1 is 1.45 bits per heavy atom. The third kappa shape index (κ3) is 3.30. The van der Waals surface area contributed by atoms with Gasteiger partial charge in [-0.15, -0.1) is 11.8 Å². The van der Waals surface area contributed by atoms with Crippen molar-refractivity contribution < 1.29 is 4.79 Å². The molecule has 0 saturated carbocycles. The molecule has 0 saturated heterocycles. The van der Waals surface area contributed by atoms with Gasteiger partial charge in [-0.3, -0.25) is 9.59 Å². The number of H-pyrrole nitrogens is 1. The summed E-state index contributed by atoms with van der Waals surface area (Å²) >= 11 is 1.59. The van der Waals surface area contributed by atoms with E-state index in [4.69, 9.17) is 5.73 Å². The molecule has 1 aliphatic heterocycles. The molecule has 2 heterocycles. The second-order valence-corrected chi connectivity index (χ2v) is 6.32. The number of aromatic amines is 1. The minimum Gasteiger partial charge on any atom is -0.383 e.